The molecule has 4 saturated carbocycles. The lowest BCUT2D eigenvalue weighted by molar-refractivity contribution is -0.0167. The Bertz CT molecular complexity index is 634. The zero-order valence-electron chi connectivity index (χ0n) is 16.1. The van der Waals surface area contributed by atoms with Gasteiger partial charge in [0, 0.05) is 11.1 Å². The fourth-order valence-electron chi connectivity index (χ4n) is 5.83. The molecule has 0 heterocycles. The van der Waals surface area contributed by atoms with E-state index in [1.54, 1.807) is 0 Å². The first-order valence-electron chi connectivity index (χ1n) is 10.3. The Kier molecular flexibility index (Phi) is 4.85. The lowest BCUT2D eigenvalue weighted by Gasteiger charge is -2.56. The molecule has 142 valence electrons. The fraction of sp³-hybridized carbons (Fsp3) is 0.682. The van der Waals surface area contributed by atoms with Crippen molar-refractivity contribution in [3.63, 3.8) is 0 Å². The highest BCUT2D eigenvalue weighted by Crippen LogP contribution is 2.55. The number of hydrogen-bond acceptors (Lipinski definition) is 3. The molecule has 0 saturated heterocycles. The molecule has 4 bridgehead atoms. The lowest BCUT2D eigenvalue weighted by atomic mass is 9.53. The van der Waals surface area contributed by atoms with E-state index in [-0.39, 0.29) is 11.4 Å². The number of carbonyl (C=O) groups excluding carboxylic acids is 1. The van der Waals surface area contributed by atoms with Crippen molar-refractivity contribution in [2.24, 2.45) is 17.8 Å². The molecule has 0 radical (unpaired) electrons. The molecule has 4 heteroatoms. The molecular formula is C22H31NO3. The van der Waals surface area contributed by atoms with Crippen LogP contribution in [0.3, 0.4) is 0 Å². The molecule has 1 aromatic rings. The molecule has 0 atom stereocenters. The van der Waals surface area contributed by atoms with E-state index in [9.17, 15) is 4.79 Å². The van der Waals surface area contributed by atoms with E-state index in [0.29, 0.717) is 24.5 Å². The van der Waals surface area contributed by atoms with Crippen LogP contribution in [-0.4, -0.2) is 24.7 Å². The van der Waals surface area contributed by atoms with Crippen molar-refractivity contribution in [2.45, 2.75) is 64.3 Å². The van der Waals surface area contributed by atoms with Crippen molar-refractivity contribution >= 4 is 5.91 Å². The van der Waals surface area contributed by atoms with E-state index in [1.807, 2.05) is 25.1 Å². The van der Waals surface area contributed by atoms with Gasteiger partial charge in [0.05, 0.1) is 13.2 Å². The highest BCUT2D eigenvalue weighted by molar-refractivity contribution is 5.95. The third-order valence-electron chi connectivity index (χ3n) is 6.38. The molecule has 0 spiro atoms. The third-order valence-corrected chi connectivity index (χ3v) is 6.38. The van der Waals surface area contributed by atoms with Crippen molar-refractivity contribution in [1.29, 1.82) is 0 Å². The summed E-state index contributed by atoms with van der Waals surface area (Å²) < 4.78 is 11.5. The van der Waals surface area contributed by atoms with Gasteiger partial charge in [-0.1, -0.05) is 6.92 Å². The maximum Gasteiger partial charge on any atom is 0.251 e. The first kappa shape index (κ1) is 17.7. The summed E-state index contributed by atoms with van der Waals surface area (Å²) in [4.78, 5) is 13.0. The molecule has 1 amide bonds. The Balaban J connectivity index is 1.50. The Hall–Kier alpha value is -1.71. The normalized spacial score (nSPS) is 31.7. The van der Waals surface area contributed by atoms with Crippen LogP contribution in [0.5, 0.6) is 11.5 Å². The molecule has 1 aromatic carbocycles. The molecule has 5 rings (SSSR count). The van der Waals surface area contributed by atoms with Gasteiger partial charge in [-0.25, -0.2) is 0 Å². The topological polar surface area (TPSA) is 47.6 Å². The van der Waals surface area contributed by atoms with E-state index in [4.69, 9.17) is 9.47 Å². The first-order valence-corrected chi connectivity index (χ1v) is 10.3. The Morgan fingerprint density at radius 2 is 1.69 bits per heavy atom. The maximum atomic E-state index is 13.0. The Morgan fingerprint density at radius 3 is 2.27 bits per heavy atom. The molecule has 0 aromatic heterocycles. The quantitative estimate of drug-likeness (QED) is 0.777. The number of hydrogen-bond donors (Lipinski definition) is 1. The summed E-state index contributed by atoms with van der Waals surface area (Å²) in [7, 11) is 0. The van der Waals surface area contributed by atoms with E-state index < -0.39 is 0 Å². The van der Waals surface area contributed by atoms with Crippen molar-refractivity contribution in [2.75, 3.05) is 13.2 Å². The predicted molar refractivity (Wildman–Crippen MR) is 102 cm³/mol. The number of nitrogens with one attached hydrogen (secondary N) is 1. The largest absolute Gasteiger partial charge is 0.490 e. The van der Waals surface area contributed by atoms with Gasteiger partial charge in [-0.15, -0.1) is 0 Å². The van der Waals surface area contributed by atoms with Crippen LogP contribution < -0.4 is 14.8 Å². The minimum absolute atomic E-state index is 0.0367. The number of amides is 1. The summed E-state index contributed by atoms with van der Waals surface area (Å²) in [6, 6.07) is 5.57. The average Bonchev–Trinajstić information content (AvgIpc) is 2.59. The van der Waals surface area contributed by atoms with Crippen LogP contribution >= 0.6 is 0 Å². The van der Waals surface area contributed by atoms with Gasteiger partial charge < -0.3 is 14.8 Å². The van der Waals surface area contributed by atoms with Crippen molar-refractivity contribution < 1.29 is 14.3 Å². The van der Waals surface area contributed by atoms with E-state index in [2.05, 4.69) is 12.2 Å². The van der Waals surface area contributed by atoms with E-state index >= 15 is 0 Å². The fourth-order valence-corrected chi connectivity index (χ4v) is 5.83. The predicted octanol–water partition coefficient (Wildman–Crippen LogP) is 4.57. The second kappa shape index (κ2) is 7.13. The summed E-state index contributed by atoms with van der Waals surface area (Å²) in [6.07, 6.45) is 8.59. The lowest BCUT2D eigenvalue weighted by Crippen LogP contribution is -2.59. The Morgan fingerprint density at radius 1 is 1.04 bits per heavy atom. The van der Waals surface area contributed by atoms with Gasteiger partial charge >= 0.3 is 0 Å². The van der Waals surface area contributed by atoms with Gasteiger partial charge in [0.2, 0.25) is 0 Å². The standard InChI is InChI=1S/C22H31NO3/c1-3-7-26-19-6-5-18(11-20(19)25-4-2)21(24)23-22-12-15-8-16(13-22)10-17(9-15)14-22/h5-6,11,15-17H,3-4,7-10,12-14H2,1-2H3,(H,23,24). The Labute approximate surface area is 156 Å². The summed E-state index contributed by atoms with van der Waals surface area (Å²) >= 11 is 0. The van der Waals surface area contributed by atoms with Crippen LogP contribution in [0.4, 0.5) is 0 Å². The minimum atomic E-state index is 0.0367. The summed E-state index contributed by atoms with van der Waals surface area (Å²) in [5.41, 5.74) is 0.711. The highest BCUT2D eigenvalue weighted by Gasteiger charge is 2.51. The van der Waals surface area contributed by atoms with Crippen LogP contribution in [-0.2, 0) is 0 Å². The van der Waals surface area contributed by atoms with Gasteiger partial charge in [0.1, 0.15) is 0 Å². The average molecular weight is 357 g/mol. The molecule has 4 aliphatic carbocycles. The second-order valence-corrected chi connectivity index (χ2v) is 8.59. The van der Waals surface area contributed by atoms with Crippen LogP contribution in [0, 0.1) is 17.8 Å². The summed E-state index contributed by atoms with van der Waals surface area (Å²) in [6.45, 7) is 5.24. The van der Waals surface area contributed by atoms with E-state index in [1.165, 1.54) is 38.5 Å². The first-order chi connectivity index (χ1) is 12.6. The smallest absolute Gasteiger partial charge is 0.251 e. The number of carbonyl (C=O) groups is 1. The summed E-state index contributed by atoms with van der Waals surface area (Å²) in [5.74, 6) is 3.90. The number of rotatable bonds is 7. The maximum absolute atomic E-state index is 13.0. The highest BCUT2D eigenvalue weighted by atomic mass is 16.5. The molecule has 1 N–H and O–H groups in total. The van der Waals surface area contributed by atoms with Crippen molar-refractivity contribution in [3.8, 4) is 11.5 Å². The van der Waals surface area contributed by atoms with Crippen LogP contribution in [0.15, 0.2) is 18.2 Å². The zero-order valence-corrected chi connectivity index (χ0v) is 16.1. The van der Waals surface area contributed by atoms with Gasteiger partial charge in [0.15, 0.2) is 11.5 Å². The minimum Gasteiger partial charge on any atom is -0.490 e. The molecule has 0 unspecified atom stereocenters. The van der Waals surface area contributed by atoms with Gasteiger partial charge in [-0.05, 0) is 87.8 Å². The number of benzene rings is 1. The molecule has 4 nitrogen and oxygen atoms in total. The number of ether oxygens (including phenoxy) is 2. The van der Waals surface area contributed by atoms with Gasteiger partial charge in [0.25, 0.3) is 5.91 Å². The zero-order chi connectivity index (χ0) is 18.1. The SMILES string of the molecule is CCCOc1ccc(C(=O)NC23CC4CC(CC(C4)C2)C3)cc1OCC. The second-order valence-electron chi connectivity index (χ2n) is 8.59. The molecule has 4 fully saturated rings. The monoisotopic (exact) mass is 357 g/mol. The molecular weight excluding hydrogens is 326 g/mol. The van der Waals surface area contributed by atoms with Crippen molar-refractivity contribution in [3.05, 3.63) is 23.8 Å². The third kappa shape index (κ3) is 3.43. The molecule has 0 aliphatic heterocycles. The van der Waals surface area contributed by atoms with Crippen molar-refractivity contribution in [1.82, 2.24) is 5.32 Å². The van der Waals surface area contributed by atoms with Crippen LogP contribution in [0.25, 0.3) is 0 Å². The van der Waals surface area contributed by atoms with Crippen LogP contribution in [0.2, 0.25) is 0 Å². The molecule has 4 aliphatic rings. The van der Waals surface area contributed by atoms with Gasteiger partial charge in [-0.3, -0.25) is 4.79 Å². The van der Waals surface area contributed by atoms with Gasteiger partial charge in [-0.2, -0.15) is 0 Å². The van der Waals surface area contributed by atoms with E-state index in [0.717, 1.165) is 29.9 Å². The summed E-state index contributed by atoms with van der Waals surface area (Å²) in [5, 5.41) is 3.44. The molecule has 26 heavy (non-hydrogen) atoms. The van der Waals surface area contributed by atoms with Crippen LogP contribution in [0.1, 0.15) is 69.2 Å².